The molecule has 0 radical (unpaired) electrons. The lowest BCUT2D eigenvalue weighted by molar-refractivity contribution is -0.141. The molecule has 57 heavy (non-hydrogen) atoms. The van der Waals surface area contributed by atoms with Gasteiger partial charge in [-0.2, -0.15) is 0 Å². The number of benzene rings is 2. The maximum absolute atomic E-state index is 14.6. The van der Waals surface area contributed by atoms with E-state index >= 15 is 0 Å². The summed E-state index contributed by atoms with van der Waals surface area (Å²) in [4.78, 5) is 62.0. The molecule has 4 bridgehead atoms. The quantitative estimate of drug-likeness (QED) is 0.215. The minimum atomic E-state index is -3.90. The van der Waals surface area contributed by atoms with E-state index in [1.807, 2.05) is 61.5 Å². The third-order valence-corrected chi connectivity index (χ3v) is 13.1. The van der Waals surface area contributed by atoms with E-state index in [1.54, 1.807) is 0 Å². The molecule has 5 atom stereocenters. The molecular formula is C43H51N5O8S. The molecule has 2 aliphatic carbocycles. The molecule has 3 heterocycles. The van der Waals surface area contributed by atoms with Crippen LogP contribution in [0, 0.1) is 5.92 Å². The number of allylic oxidation sites excluding steroid dienone is 1. The number of aromatic nitrogens is 1. The lowest BCUT2D eigenvalue weighted by Gasteiger charge is -2.29. The van der Waals surface area contributed by atoms with Crippen LogP contribution in [0.4, 0.5) is 4.79 Å². The SMILES string of the molecule is C=C[C@@H]1C[C@]1(NC(=O)[C@@H]1CC2CN1C(=O)[C@H](CCCC)NC(=O)OCCCCCC=Cc1ccc3nc(-c4ccccc4)cc(c3c1)O2)C(=O)NS(=O)(=O)C1CC1. The van der Waals surface area contributed by atoms with Gasteiger partial charge in [0.05, 0.1) is 29.6 Å². The molecule has 14 heteroatoms. The second-order valence-corrected chi connectivity index (χ2v) is 17.5. The maximum atomic E-state index is 14.6. The molecule has 1 saturated heterocycles. The van der Waals surface area contributed by atoms with Crippen molar-refractivity contribution in [3.8, 4) is 17.0 Å². The van der Waals surface area contributed by atoms with Gasteiger partial charge >= 0.3 is 6.09 Å². The second-order valence-electron chi connectivity index (χ2n) is 15.5. The standard InChI is InChI=1S/C43H51N5O8S/c1-3-5-17-35-40(50)48-27-31(24-37(48)39(49)46-43(26-30(43)4-2)41(51)47-57(53,54)32-19-20-32)56-38-25-36(29-15-11-9-12-16-29)44-34-21-18-28(23-33(34)38)14-10-7-6-8-13-22-55-42(52)45-35/h4,9-12,14-16,18,21,23,25,30-32,35,37H,2-3,5-8,13,17,19-20,22,24,26-27H2,1H3,(H,45,52)(H,46,49)(H,47,51)/t30-,31?,35+,37+,43-/m1/s1. The van der Waals surface area contributed by atoms with Crippen LogP contribution in [0.1, 0.15) is 83.1 Å². The predicted octanol–water partition coefficient (Wildman–Crippen LogP) is 5.79. The largest absolute Gasteiger partial charge is 0.488 e. The summed E-state index contributed by atoms with van der Waals surface area (Å²) in [5.41, 5.74) is 1.71. The molecule has 3 N–H and O–H groups in total. The van der Waals surface area contributed by atoms with Gasteiger partial charge in [-0.05, 0) is 69.1 Å². The van der Waals surface area contributed by atoms with E-state index in [-0.39, 0.29) is 26.0 Å². The van der Waals surface area contributed by atoms with E-state index in [0.717, 1.165) is 42.2 Å². The van der Waals surface area contributed by atoms with Gasteiger partial charge in [-0.25, -0.2) is 18.2 Å². The lowest BCUT2D eigenvalue weighted by Crippen LogP contribution is -2.58. The van der Waals surface area contributed by atoms with Crippen molar-refractivity contribution in [2.45, 2.75) is 107 Å². The Hall–Kier alpha value is -5.24. The molecule has 3 fully saturated rings. The Morgan fingerprint density at radius 3 is 2.63 bits per heavy atom. The highest BCUT2D eigenvalue weighted by atomic mass is 32.2. The number of alkyl carbamates (subject to hydrolysis) is 1. The zero-order valence-electron chi connectivity index (χ0n) is 32.3. The molecule has 1 aromatic heterocycles. The van der Waals surface area contributed by atoms with Gasteiger partial charge in [-0.1, -0.05) is 74.4 Å². The second kappa shape index (κ2) is 17.1. The highest BCUT2D eigenvalue weighted by Crippen LogP contribution is 2.45. The van der Waals surface area contributed by atoms with Crippen molar-refractivity contribution < 1.29 is 37.1 Å². The fourth-order valence-corrected chi connectivity index (χ4v) is 9.08. The van der Waals surface area contributed by atoms with Crippen molar-refractivity contribution in [2.24, 2.45) is 5.92 Å². The summed E-state index contributed by atoms with van der Waals surface area (Å²) < 4.78 is 40.0. The number of carbonyl (C=O) groups is 4. The fourth-order valence-electron chi connectivity index (χ4n) is 7.72. The summed E-state index contributed by atoms with van der Waals surface area (Å²) in [7, 11) is -3.90. The number of carbonyl (C=O) groups excluding carboxylic acids is 4. The summed E-state index contributed by atoms with van der Waals surface area (Å²) in [5, 5.41) is 5.73. The average Bonchev–Trinajstić information content (AvgIpc) is 4.14. The number of unbranched alkanes of at least 4 members (excludes halogenated alkanes) is 1. The number of sulfonamides is 1. The topological polar surface area (TPSA) is 173 Å². The van der Waals surface area contributed by atoms with Crippen LogP contribution in [0.3, 0.4) is 0 Å². The third kappa shape index (κ3) is 9.16. The minimum absolute atomic E-state index is 0.000491. The number of nitrogens with zero attached hydrogens (tertiary/aromatic N) is 2. The van der Waals surface area contributed by atoms with Gasteiger partial charge in [0, 0.05) is 29.4 Å². The van der Waals surface area contributed by atoms with E-state index in [1.165, 1.54) is 11.0 Å². The normalized spacial score (nSPS) is 25.5. The highest BCUT2D eigenvalue weighted by molar-refractivity contribution is 7.91. The number of nitrogens with one attached hydrogen (secondary N) is 3. The van der Waals surface area contributed by atoms with Crippen LogP contribution < -0.4 is 20.1 Å². The van der Waals surface area contributed by atoms with Gasteiger partial charge in [0.2, 0.25) is 21.8 Å². The Kier molecular flexibility index (Phi) is 12.0. The van der Waals surface area contributed by atoms with E-state index in [2.05, 4.69) is 34.1 Å². The Balaban J connectivity index is 1.24. The predicted molar refractivity (Wildman–Crippen MR) is 216 cm³/mol. The first kappa shape index (κ1) is 40.0. The number of hydrogen-bond donors (Lipinski definition) is 3. The minimum Gasteiger partial charge on any atom is -0.488 e. The Morgan fingerprint density at radius 2 is 1.89 bits per heavy atom. The summed E-state index contributed by atoms with van der Waals surface area (Å²) >= 11 is 0. The van der Waals surface area contributed by atoms with Crippen LogP contribution >= 0.6 is 0 Å². The molecule has 0 spiro atoms. The van der Waals surface area contributed by atoms with Gasteiger partial charge in [0.15, 0.2) is 0 Å². The summed E-state index contributed by atoms with van der Waals surface area (Å²) in [5.74, 6) is -1.93. The molecule has 13 nitrogen and oxygen atoms in total. The maximum Gasteiger partial charge on any atom is 0.407 e. The zero-order chi connectivity index (χ0) is 40.2. The van der Waals surface area contributed by atoms with E-state index in [4.69, 9.17) is 14.5 Å². The van der Waals surface area contributed by atoms with Crippen molar-refractivity contribution in [1.82, 2.24) is 25.2 Å². The molecular weight excluding hydrogens is 747 g/mol. The van der Waals surface area contributed by atoms with E-state index < -0.39 is 68.7 Å². The van der Waals surface area contributed by atoms with Crippen LogP contribution in [-0.4, -0.2) is 84.2 Å². The first-order chi connectivity index (χ1) is 27.5. The molecule has 4 amide bonds. The van der Waals surface area contributed by atoms with Crippen molar-refractivity contribution in [1.29, 1.82) is 0 Å². The van der Waals surface area contributed by atoms with Crippen molar-refractivity contribution >= 4 is 50.8 Å². The van der Waals surface area contributed by atoms with Crippen LogP contribution in [0.15, 0.2) is 73.3 Å². The van der Waals surface area contributed by atoms with Crippen molar-refractivity contribution in [3.05, 3.63) is 78.9 Å². The number of hydrogen-bond acceptors (Lipinski definition) is 9. The highest BCUT2D eigenvalue weighted by Gasteiger charge is 2.62. The van der Waals surface area contributed by atoms with Gasteiger partial charge in [-0.15, -0.1) is 6.58 Å². The number of ether oxygens (including phenoxy) is 2. The molecule has 2 aromatic carbocycles. The number of fused-ring (bicyclic) bond motifs is 3. The van der Waals surface area contributed by atoms with Crippen LogP contribution in [0.5, 0.6) is 5.75 Å². The Bertz CT molecular complexity index is 2160. The zero-order valence-corrected chi connectivity index (χ0v) is 33.1. The smallest absolute Gasteiger partial charge is 0.407 e. The van der Waals surface area contributed by atoms with E-state index in [9.17, 15) is 27.6 Å². The Morgan fingerprint density at radius 1 is 1.09 bits per heavy atom. The van der Waals surface area contributed by atoms with Crippen molar-refractivity contribution in [2.75, 3.05) is 13.2 Å². The van der Waals surface area contributed by atoms with E-state index in [0.29, 0.717) is 49.1 Å². The molecule has 7 rings (SSSR count). The van der Waals surface area contributed by atoms with Gasteiger partial charge < -0.3 is 25.0 Å². The first-order valence-corrected chi connectivity index (χ1v) is 21.6. The number of rotatable bonds is 10. The molecule has 3 aromatic rings. The number of cyclic esters (lactones) is 1. The lowest BCUT2D eigenvalue weighted by atomic mass is 10.1. The van der Waals surface area contributed by atoms with Gasteiger partial charge in [0.25, 0.3) is 5.91 Å². The van der Waals surface area contributed by atoms with Gasteiger partial charge in [0.1, 0.15) is 29.5 Å². The monoisotopic (exact) mass is 797 g/mol. The van der Waals surface area contributed by atoms with Crippen LogP contribution in [-0.2, 0) is 29.1 Å². The number of pyridine rings is 1. The molecule has 302 valence electrons. The average molecular weight is 798 g/mol. The first-order valence-electron chi connectivity index (χ1n) is 20.1. The number of amides is 4. The van der Waals surface area contributed by atoms with Gasteiger partial charge in [-0.3, -0.25) is 19.1 Å². The summed E-state index contributed by atoms with van der Waals surface area (Å²) in [6.07, 6.45) is 10.4. The molecule has 2 aliphatic heterocycles. The van der Waals surface area contributed by atoms with Crippen LogP contribution in [0.2, 0.25) is 0 Å². The molecule has 4 aliphatic rings. The molecule has 2 saturated carbocycles. The summed E-state index contributed by atoms with van der Waals surface area (Å²) in [6, 6.07) is 15.5. The van der Waals surface area contributed by atoms with Crippen LogP contribution in [0.25, 0.3) is 28.2 Å². The Labute approximate surface area is 333 Å². The fraction of sp³-hybridized carbons (Fsp3) is 0.465. The third-order valence-electron chi connectivity index (χ3n) is 11.3. The summed E-state index contributed by atoms with van der Waals surface area (Å²) in [6.45, 7) is 5.99. The molecule has 1 unspecified atom stereocenters. The van der Waals surface area contributed by atoms with Crippen molar-refractivity contribution in [3.63, 3.8) is 0 Å².